The molecule has 0 unspecified atom stereocenters. The van der Waals surface area contributed by atoms with E-state index in [9.17, 15) is 76.0 Å². The van der Waals surface area contributed by atoms with Gasteiger partial charge in [-0.2, -0.15) is 0 Å². The summed E-state index contributed by atoms with van der Waals surface area (Å²) in [6, 6.07) is 17.2. The Bertz CT molecular complexity index is 2980. The lowest BCUT2D eigenvalue weighted by Gasteiger charge is -2.46. The van der Waals surface area contributed by atoms with Gasteiger partial charge in [-0.05, 0) is 71.8 Å². The molecule has 424 valence electrons. The van der Waals surface area contributed by atoms with Gasteiger partial charge in [0.25, 0.3) is 0 Å². The molecule has 0 bridgehead atoms. The van der Waals surface area contributed by atoms with Crippen molar-refractivity contribution in [3.63, 3.8) is 0 Å². The SMILES string of the molecule is COc1cc(/C=C/C(=O)OC[C@H]2O[C@@H](Oc3cc4c(O[C@@H]5O[C@H](CO)[C@@H](O)[C@H](O)[C@H]5O)cc(O)cc4[o+]c3-c3ccc(O)cc3)[C@H](O[C@@H]3O[C@H](CO)[C@@H](O)[C@H](O)[C@H]3OC(=O)/C=C/c3ccc(O)c(OC)c3)[C@@H](O)[C@@H]2O)ccc1O. The largest absolute Gasteiger partial charge is 0.508 e. The molecule has 0 aliphatic carbocycles. The highest BCUT2D eigenvalue weighted by Crippen LogP contribution is 2.43. The third-order valence-corrected chi connectivity index (χ3v) is 12.9. The number of ether oxygens (including phenoxy) is 10. The topological polar surface area (TPSA) is 401 Å². The van der Waals surface area contributed by atoms with Gasteiger partial charge in [0.05, 0.1) is 39.1 Å². The highest BCUT2D eigenvalue weighted by molar-refractivity contribution is 5.89. The van der Waals surface area contributed by atoms with Gasteiger partial charge in [0, 0.05) is 24.3 Å². The van der Waals surface area contributed by atoms with Crippen molar-refractivity contribution in [2.24, 2.45) is 0 Å². The minimum Gasteiger partial charge on any atom is -0.508 e. The third kappa shape index (κ3) is 13.0. The molecule has 3 fully saturated rings. The number of methoxy groups -OCH3 is 2. The molecule has 79 heavy (non-hydrogen) atoms. The number of phenolic OH excluding ortho intramolecular Hbond substituents is 4. The number of aliphatic hydroxyl groups is 9. The van der Waals surface area contributed by atoms with E-state index in [4.69, 9.17) is 51.8 Å². The summed E-state index contributed by atoms with van der Waals surface area (Å²) in [5.74, 6) is -3.81. The highest BCUT2D eigenvalue weighted by atomic mass is 16.8. The fraction of sp³-hybridized carbons (Fsp3) is 0.377. The standard InChI is InChI=1S/C53H56O26/c1-69-33-15-23(3-11-29(33)58)5-13-39(60)71-22-38-43(64)46(67)50(79-53-49(45(66)42(63)37(21-55)76-53)78-40(61)14-6-24-4-12-30(59)34(16-24)70-2)52(77-38)74-35-19-28-31(72-48(35)25-7-9-26(56)10-8-25)17-27(57)18-32(28)73-51-47(68)44(65)41(62)36(20-54)75-51/h3-19,36-38,41-47,49-55,62-68H,20-22H2,1-2H3,(H3-,56,57,58,59,60,61)/p+1/t36-,37-,38-,41-,42-,43-,44+,45+,46+,47-,49-,50-,51-,52-,53+/m1/s1. The van der Waals surface area contributed by atoms with Crippen molar-refractivity contribution in [3.8, 4) is 57.3 Å². The minimum atomic E-state index is -2.15. The van der Waals surface area contributed by atoms with E-state index in [0.29, 0.717) is 11.1 Å². The van der Waals surface area contributed by atoms with E-state index in [1.807, 2.05) is 0 Å². The van der Waals surface area contributed by atoms with Crippen LogP contribution in [0.25, 0.3) is 34.4 Å². The van der Waals surface area contributed by atoms with Gasteiger partial charge in [0.2, 0.25) is 18.3 Å². The maximum atomic E-state index is 13.4. The molecular weight excluding hydrogens is 1050 g/mol. The van der Waals surface area contributed by atoms with Gasteiger partial charge in [-0.15, -0.1) is 0 Å². The van der Waals surface area contributed by atoms with Crippen LogP contribution in [0.4, 0.5) is 0 Å². The number of aromatic hydroxyl groups is 4. The average Bonchev–Trinajstić information content (AvgIpc) is 3.44. The Balaban J connectivity index is 1.17. The van der Waals surface area contributed by atoms with Crippen LogP contribution in [0.1, 0.15) is 11.1 Å². The number of fused-ring (bicyclic) bond motifs is 1. The predicted molar refractivity (Wildman–Crippen MR) is 266 cm³/mol. The number of phenols is 4. The van der Waals surface area contributed by atoms with Gasteiger partial charge in [-0.25, -0.2) is 14.0 Å². The molecule has 0 spiro atoms. The van der Waals surface area contributed by atoms with E-state index >= 15 is 0 Å². The Morgan fingerprint density at radius 3 is 1.70 bits per heavy atom. The average molecular weight is 1110 g/mol. The molecule has 0 saturated carbocycles. The van der Waals surface area contributed by atoms with Crippen LogP contribution >= 0.6 is 0 Å². The summed E-state index contributed by atoms with van der Waals surface area (Å²) in [7, 11) is 2.64. The predicted octanol–water partition coefficient (Wildman–Crippen LogP) is -0.0693. The Hall–Kier alpha value is -7.41. The van der Waals surface area contributed by atoms with Crippen LogP contribution in [0.3, 0.4) is 0 Å². The van der Waals surface area contributed by atoms with Crippen LogP contribution in [-0.2, 0) is 38.0 Å². The lowest BCUT2D eigenvalue weighted by atomic mass is 9.97. The van der Waals surface area contributed by atoms with Crippen LogP contribution < -0.4 is 18.9 Å². The summed E-state index contributed by atoms with van der Waals surface area (Å²) in [4.78, 5) is 26.5. The van der Waals surface area contributed by atoms with E-state index in [2.05, 4.69) is 0 Å². The molecule has 26 nitrogen and oxygen atoms in total. The fourth-order valence-electron chi connectivity index (χ4n) is 8.62. The van der Waals surface area contributed by atoms with Crippen molar-refractivity contribution in [2.45, 2.75) is 92.1 Å². The summed E-state index contributed by atoms with van der Waals surface area (Å²) in [5.41, 5.74) is 0.794. The monoisotopic (exact) mass is 1110 g/mol. The molecule has 0 radical (unpaired) electrons. The second kappa shape index (κ2) is 25.1. The molecule has 0 amide bonds. The van der Waals surface area contributed by atoms with Crippen molar-refractivity contribution < 1.29 is 128 Å². The Morgan fingerprint density at radius 1 is 0.544 bits per heavy atom. The first-order valence-electron chi connectivity index (χ1n) is 24.1. The zero-order valence-electron chi connectivity index (χ0n) is 41.7. The molecule has 13 N–H and O–H groups in total. The zero-order chi connectivity index (χ0) is 56.8. The normalized spacial score (nSPS) is 29.1. The molecule has 3 aliphatic heterocycles. The lowest BCUT2D eigenvalue weighted by Crippen LogP contribution is -2.65. The van der Waals surface area contributed by atoms with Crippen LogP contribution in [0.5, 0.6) is 46.0 Å². The third-order valence-electron chi connectivity index (χ3n) is 12.9. The molecule has 4 aromatic carbocycles. The van der Waals surface area contributed by atoms with Crippen LogP contribution in [-0.4, -0.2) is 204 Å². The number of hydrogen-bond acceptors (Lipinski definition) is 25. The van der Waals surface area contributed by atoms with Crippen molar-refractivity contribution in [2.75, 3.05) is 34.0 Å². The maximum Gasteiger partial charge on any atom is 0.402 e. The van der Waals surface area contributed by atoms with Gasteiger partial charge in [-0.1, -0.05) is 12.1 Å². The van der Waals surface area contributed by atoms with E-state index in [1.54, 1.807) is 0 Å². The number of hydrogen-bond donors (Lipinski definition) is 13. The summed E-state index contributed by atoms with van der Waals surface area (Å²) < 4.78 is 63.7. The van der Waals surface area contributed by atoms with E-state index < -0.39 is 130 Å². The van der Waals surface area contributed by atoms with Crippen LogP contribution in [0, 0.1) is 0 Å². The number of aliphatic hydroxyl groups excluding tert-OH is 9. The second-order valence-corrected chi connectivity index (χ2v) is 18.2. The summed E-state index contributed by atoms with van der Waals surface area (Å²) in [5, 5.41) is 139. The molecule has 8 rings (SSSR count). The van der Waals surface area contributed by atoms with Crippen molar-refractivity contribution in [1.82, 2.24) is 0 Å². The molecule has 5 aromatic rings. The zero-order valence-corrected chi connectivity index (χ0v) is 41.7. The van der Waals surface area contributed by atoms with Gasteiger partial charge in [-0.3, -0.25) is 0 Å². The second-order valence-electron chi connectivity index (χ2n) is 18.2. The highest BCUT2D eigenvalue weighted by Gasteiger charge is 2.54. The quantitative estimate of drug-likeness (QED) is 0.0310. The van der Waals surface area contributed by atoms with Gasteiger partial charge < -0.3 is 114 Å². The number of carbonyl (C=O) groups is 2. The van der Waals surface area contributed by atoms with Crippen molar-refractivity contribution in [1.29, 1.82) is 0 Å². The van der Waals surface area contributed by atoms with Crippen LogP contribution in [0.15, 0.2) is 95.4 Å². The van der Waals surface area contributed by atoms with Gasteiger partial charge in [0.15, 0.2) is 41.5 Å². The van der Waals surface area contributed by atoms with Crippen molar-refractivity contribution >= 4 is 35.1 Å². The lowest BCUT2D eigenvalue weighted by molar-refractivity contribution is -0.358. The van der Waals surface area contributed by atoms with E-state index in [-0.39, 0.29) is 62.5 Å². The Kier molecular flexibility index (Phi) is 18.4. The molecule has 15 atom stereocenters. The van der Waals surface area contributed by atoms with Crippen molar-refractivity contribution in [3.05, 3.63) is 102 Å². The summed E-state index contributed by atoms with van der Waals surface area (Å²) in [6.07, 6.45) is -23.8. The molecule has 4 heterocycles. The molecular formula is C53H57O26+. The molecule has 3 aliphatic rings. The molecule has 26 heteroatoms. The molecule has 3 saturated heterocycles. The number of rotatable bonds is 18. The Labute approximate surface area is 447 Å². The minimum absolute atomic E-state index is 0.0726. The number of benzene rings is 4. The Morgan fingerprint density at radius 2 is 1.09 bits per heavy atom. The fourth-order valence-corrected chi connectivity index (χ4v) is 8.62. The first-order valence-corrected chi connectivity index (χ1v) is 24.1. The van der Waals surface area contributed by atoms with E-state index in [1.165, 1.54) is 93.1 Å². The number of carbonyl (C=O) groups excluding carboxylic acids is 2. The first-order chi connectivity index (χ1) is 37.8. The maximum absolute atomic E-state index is 13.4. The first kappa shape index (κ1) is 57.8. The van der Waals surface area contributed by atoms with Gasteiger partial charge in [0.1, 0.15) is 90.3 Å². The van der Waals surface area contributed by atoms with Gasteiger partial charge >= 0.3 is 23.3 Å². The summed E-state index contributed by atoms with van der Waals surface area (Å²) in [6.45, 7) is -2.53. The van der Waals surface area contributed by atoms with E-state index in [0.717, 1.165) is 24.3 Å². The van der Waals surface area contributed by atoms with Crippen LogP contribution in [0.2, 0.25) is 0 Å². The number of esters is 2. The summed E-state index contributed by atoms with van der Waals surface area (Å²) >= 11 is 0. The smallest absolute Gasteiger partial charge is 0.402 e. The molecule has 1 aromatic heterocycles.